The van der Waals surface area contributed by atoms with Gasteiger partial charge in [0.1, 0.15) is 0 Å². The molecule has 0 spiro atoms. The van der Waals surface area contributed by atoms with E-state index in [1.54, 1.807) is 0 Å². The average Bonchev–Trinajstić information content (AvgIpc) is 2.92. The molecule has 1 saturated heterocycles. The highest BCUT2D eigenvalue weighted by molar-refractivity contribution is 5.48. The van der Waals surface area contributed by atoms with E-state index >= 15 is 0 Å². The molecule has 1 fully saturated rings. The average molecular weight is 300 g/mol. The third kappa shape index (κ3) is 5.19. The maximum Gasteiger partial charge on any atom is 0.0368 e. The molecule has 1 heterocycles. The van der Waals surface area contributed by atoms with Gasteiger partial charge in [0, 0.05) is 18.3 Å². The maximum atomic E-state index is 2.56. The second-order valence-corrected chi connectivity index (χ2v) is 6.71. The molecule has 0 aliphatic carbocycles. The van der Waals surface area contributed by atoms with Crippen LogP contribution in [0.3, 0.4) is 0 Å². The first-order chi connectivity index (χ1) is 10.8. The number of allylic oxidation sites excluding steroid dienone is 1. The fourth-order valence-corrected chi connectivity index (χ4v) is 3.52. The van der Waals surface area contributed by atoms with Crippen molar-refractivity contribution in [1.82, 2.24) is 0 Å². The Labute approximate surface area is 137 Å². The number of hydrogen-bond donors (Lipinski definition) is 0. The molecule has 0 unspecified atom stereocenters. The molecular weight excluding hydrogens is 266 g/mol. The summed E-state index contributed by atoms with van der Waals surface area (Å²) >= 11 is 0. The molecule has 0 amide bonds. The van der Waals surface area contributed by atoms with E-state index < -0.39 is 0 Å². The molecule has 0 saturated carbocycles. The molecule has 0 radical (unpaired) electrons. The Morgan fingerprint density at radius 3 is 2.55 bits per heavy atom. The molecule has 1 aliphatic rings. The van der Waals surface area contributed by atoms with Gasteiger partial charge < -0.3 is 4.90 Å². The number of para-hydroxylation sites is 1. The summed E-state index contributed by atoms with van der Waals surface area (Å²) in [6, 6.07) is 11.5. The normalized spacial score (nSPS) is 21.8. The topological polar surface area (TPSA) is 3.24 Å². The molecule has 1 aromatic rings. The number of benzene rings is 1. The molecule has 0 N–H and O–H groups in total. The third-order valence-corrected chi connectivity index (χ3v) is 5.01. The predicted octanol–water partition coefficient (Wildman–Crippen LogP) is 6.21. The van der Waals surface area contributed by atoms with Crippen LogP contribution in [-0.2, 0) is 0 Å². The van der Waals surface area contributed by atoms with Crippen LogP contribution >= 0.6 is 0 Å². The van der Waals surface area contributed by atoms with Crippen molar-refractivity contribution in [1.29, 1.82) is 0 Å². The summed E-state index contributed by atoms with van der Waals surface area (Å²) in [6.45, 7) is 5.85. The van der Waals surface area contributed by atoms with E-state index in [1.165, 1.54) is 63.6 Å². The van der Waals surface area contributed by atoms with Crippen LogP contribution in [0.2, 0.25) is 0 Å². The van der Waals surface area contributed by atoms with Crippen molar-refractivity contribution in [3.05, 3.63) is 42.5 Å². The fourth-order valence-electron chi connectivity index (χ4n) is 3.52. The Balaban J connectivity index is 1.67. The summed E-state index contributed by atoms with van der Waals surface area (Å²) in [4.78, 5) is 2.56. The van der Waals surface area contributed by atoms with Crippen molar-refractivity contribution in [2.45, 2.75) is 71.3 Å². The third-order valence-electron chi connectivity index (χ3n) is 5.01. The largest absolute Gasteiger partial charge is 0.368 e. The van der Waals surface area contributed by atoms with Gasteiger partial charge >= 0.3 is 0 Å². The van der Waals surface area contributed by atoms with Crippen molar-refractivity contribution >= 4 is 5.69 Å². The Morgan fingerprint density at radius 2 is 1.77 bits per heavy atom. The van der Waals surface area contributed by atoms with Crippen LogP contribution in [0.1, 0.15) is 65.2 Å². The van der Waals surface area contributed by atoms with Crippen LogP contribution in [0, 0.1) is 5.92 Å². The summed E-state index contributed by atoms with van der Waals surface area (Å²) < 4.78 is 0. The van der Waals surface area contributed by atoms with E-state index in [1.807, 2.05) is 0 Å². The zero-order valence-corrected chi connectivity index (χ0v) is 14.5. The summed E-state index contributed by atoms with van der Waals surface area (Å²) in [5.41, 5.74) is 1.38. The lowest BCUT2D eigenvalue weighted by Gasteiger charge is -2.25. The van der Waals surface area contributed by atoms with E-state index in [-0.39, 0.29) is 0 Å². The molecule has 1 aromatic carbocycles. The first kappa shape index (κ1) is 17.1. The van der Waals surface area contributed by atoms with Crippen molar-refractivity contribution in [2.24, 2.45) is 5.92 Å². The lowest BCUT2D eigenvalue weighted by Crippen LogP contribution is -2.29. The van der Waals surface area contributed by atoms with Crippen LogP contribution in [0.15, 0.2) is 42.5 Å². The number of unbranched alkanes of at least 4 members (excludes halogenated alkanes) is 6. The molecule has 1 heteroatoms. The molecule has 0 aromatic heterocycles. The smallest absolute Gasteiger partial charge is 0.0368 e. The van der Waals surface area contributed by atoms with Gasteiger partial charge in [0.05, 0.1) is 0 Å². The minimum Gasteiger partial charge on any atom is -0.368 e. The van der Waals surface area contributed by atoms with Gasteiger partial charge in [-0.3, -0.25) is 0 Å². The summed E-state index contributed by atoms with van der Waals surface area (Å²) in [7, 11) is 0. The SMILES string of the molecule is CCCCCCCC/C=C/[C@@H]1CCN(c2ccccc2)[C@H]1C. The molecule has 122 valence electrons. The zero-order chi connectivity index (χ0) is 15.6. The molecule has 0 bridgehead atoms. The van der Waals surface area contributed by atoms with Gasteiger partial charge in [-0.1, -0.05) is 69.4 Å². The van der Waals surface area contributed by atoms with Crippen molar-refractivity contribution < 1.29 is 0 Å². The number of rotatable bonds is 9. The lowest BCUT2D eigenvalue weighted by atomic mass is 10.00. The Bertz CT molecular complexity index is 423. The van der Waals surface area contributed by atoms with Gasteiger partial charge in [-0.05, 0) is 44.2 Å². The minimum absolute atomic E-state index is 0.628. The second kappa shape index (κ2) is 9.71. The monoisotopic (exact) mass is 299 g/mol. The zero-order valence-electron chi connectivity index (χ0n) is 14.5. The van der Waals surface area contributed by atoms with Crippen LogP contribution < -0.4 is 4.90 Å². The van der Waals surface area contributed by atoms with Crippen LogP contribution in [0.5, 0.6) is 0 Å². The molecule has 2 atom stereocenters. The van der Waals surface area contributed by atoms with Crippen molar-refractivity contribution in [3.8, 4) is 0 Å². The Hall–Kier alpha value is -1.24. The first-order valence-electron chi connectivity index (χ1n) is 9.31. The van der Waals surface area contributed by atoms with E-state index in [4.69, 9.17) is 0 Å². The highest BCUT2D eigenvalue weighted by Gasteiger charge is 2.28. The van der Waals surface area contributed by atoms with Crippen molar-refractivity contribution in [2.75, 3.05) is 11.4 Å². The van der Waals surface area contributed by atoms with Gasteiger partial charge in [-0.2, -0.15) is 0 Å². The van der Waals surface area contributed by atoms with E-state index in [0.717, 1.165) is 5.92 Å². The van der Waals surface area contributed by atoms with Crippen molar-refractivity contribution in [3.63, 3.8) is 0 Å². The number of nitrogens with zero attached hydrogens (tertiary/aromatic N) is 1. The first-order valence-corrected chi connectivity index (χ1v) is 9.31. The van der Waals surface area contributed by atoms with E-state index in [9.17, 15) is 0 Å². The summed E-state index contributed by atoms with van der Waals surface area (Å²) in [5.74, 6) is 0.722. The van der Waals surface area contributed by atoms with E-state index in [0.29, 0.717) is 6.04 Å². The minimum atomic E-state index is 0.628. The van der Waals surface area contributed by atoms with Crippen LogP contribution in [0.4, 0.5) is 5.69 Å². The van der Waals surface area contributed by atoms with Gasteiger partial charge in [0.25, 0.3) is 0 Å². The quantitative estimate of drug-likeness (QED) is 0.387. The summed E-state index contributed by atoms with van der Waals surface area (Å²) in [5, 5.41) is 0. The second-order valence-electron chi connectivity index (χ2n) is 6.71. The molecule has 2 rings (SSSR count). The Kier molecular flexibility index (Phi) is 7.56. The van der Waals surface area contributed by atoms with Gasteiger partial charge in [-0.15, -0.1) is 0 Å². The highest BCUT2D eigenvalue weighted by atomic mass is 15.2. The summed E-state index contributed by atoms with van der Waals surface area (Å²) in [6.07, 6.45) is 15.8. The Morgan fingerprint density at radius 1 is 1.05 bits per heavy atom. The van der Waals surface area contributed by atoms with Gasteiger partial charge in [-0.25, -0.2) is 0 Å². The molecule has 22 heavy (non-hydrogen) atoms. The predicted molar refractivity (Wildman–Crippen MR) is 98.5 cm³/mol. The number of anilines is 1. The maximum absolute atomic E-state index is 2.56. The molecule has 1 nitrogen and oxygen atoms in total. The fraction of sp³-hybridized carbons (Fsp3) is 0.619. The van der Waals surface area contributed by atoms with E-state index in [2.05, 4.69) is 61.2 Å². The standard InChI is InChI=1S/C21H33N/c1-3-4-5-6-7-8-9-11-14-20-17-18-22(19(20)2)21-15-12-10-13-16-21/h10-16,19-20H,3-9,17-18H2,1-2H3/b14-11+/t19-,20+/m0/s1. The lowest BCUT2D eigenvalue weighted by molar-refractivity contribution is 0.594. The van der Waals surface area contributed by atoms with Crippen LogP contribution in [-0.4, -0.2) is 12.6 Å². The number of hydrogen-bond acceptors (Lipinski definition) is 1. The van der Waals surface area contributed by atoms with Crippen LogP contribution in [0.25, 0.3) is 0 Å². The van der Waals surface area contributed by atoms with Gasteiger partial charge in [0.2, 0.25) is 0 Å². The van der Waals surface area contributed by atoms with Gasteiger partial charge in [0.15, 0.2) is 0 Å². The molecular formula is C21H33N. The molecule has 1 aliphatic heterocycles. The highest BCUT2D eigenvalue weighted by Crippen LogP contribution is 2.30.